The molecular weight excluding hydrogens is 338 g/mol. The van der Waals surface area contributed by atoms with Crippen molar-refractivity contribution in [2.75, 3.05) is 6.61 Å². The van der Waals surface area contributed by atoms with Crippen LogP contribution in [-0.4, -0.2) is 23.8 Å². The van der Waals surface area contributed by atoms with Crippen LogP contribution in [0.1, 0.15) is 55.1 Å². The van der Waals surface area contributed by atoms with Crippen molar-refractivity contribution >= 4 is 11.7 Å². The Morgan fingerprint density at radius 1 is 1.07 bits per heavy atom. The Morgan fingerprint density at radius 2 is 1.81 bits per heavy atom. The first-order valence-electron chi connectivity index (χ1n) is 9.36. The molecule has 0 radical (unpaired) electrons. The molecule has 27 heavy (non-hydrogen) atoms. The highest BCUT2D eigenvalue weighted by Crippen LogP contribution is 2.17. The van der Waals surface area contributed by atoms with E-state index in [1.165, 1.54) is 18.1 Å². The van der Waals surface area contributed by atoms with Gasteiger partial charge in [0.05, 0.1) is 6.61 Å². The van der Waals surface area contributed by atoms with Crippen LogP contribution in [0.2, 0.25) is 0 Å². The van der Waals surface area contributed by atoms with Gasteiger partial charge in [-0.2, -0.15) is 0 Å². The molecule has 0 aliphatic heterocycles. The lowest BCUT2D eigenvalue weighted by Gasteiger charge is -2.27. The number of ketones is 1. The molecule has 0 aliphatic carbocycles. The fourth-order valence-corrected chi connectivity index (χ4v) is 3.00. The van der Waals surface area contributed by atoms with E-state index in [9.17, 15) is 9.59 Å². The molecule has 2 rings (SSSR count). The lowest BCUT2D eigenvalue weighted by Crippen LogP contribution is -2.45. The summed E-state index contributed by atoms with van der Waals surface area (Å²) in [6.07, 6.45) is 1.82. The zero-order valence-corrected chi connectivity index (χ0v) is 16.7. The summed E-state index contributed by atoms with van der Waals surface area (Å²) in [5.74, 6) is 0.688. The number of aryl methyl sites for hydroxylation is 1. The smallest absolute Gasteiger partial charge is 0.220 e. The van der Waals surface area contributed by atoms with Crippen LogP contribution < -0.4 is 10.1 Å². The van der Waals surface area contributed by atoms with Crippen LogP contribution in [0.4, 0.5) is 0 Å². The molecule has 0 aromatic heterocycles. The number of amides is 1. The van der Waals surface area contributed by atoms with Crippen molar-refractivity contribution in [3.05, 3.63) is 65.2 Å². The molecule has 0 heterocycles. The molecule has 0 unspecified atom stereocenters. The van der Waals surface area contributed by atoms with Crippen LogP contribution in [0.3, 0.4) is 0 Å². The molecule has 4 heteroatoms. The van der Waals surface area contributed by atoms with Crippen LogP contribution in [0.15, 0.2) is 48.5 Å². The zero-order valence-electron chi connectivity index (χ0n) is 16.7. The third-order valence-electron chi connectivity index (χ3n) is 4.43. The number of nitrogens with one attached hydrogen (secondary N) is 1. The average Bonchev–Trinajstić information content (AvgIpc) is 2.60. The number of carbonyl (C=O) groups excluding carboxylic acids is 2. The predicted octanol–water partition coefficient (Wildman–Crippen LogP) is 4.49. The van der Waals surface area contributed by atoms with E-state index in [0.29, 0.717) is 30.8 Å². The second-order valence-corrected chi connectivity index (χ2v) is 7.57. The Balaban J connectivity index is 1.76. The van der Waals surface area contributed by atoms with Crippen molar-refractivity contribution in [3.63, 3.8) is 0 Å². The van der Waals surface area contributed by atoms with E-state index < -0.39 is 0 Å². The average molecular weight is 367 g/mol. The summed E-state index contributed by atoms with van der Waals surface area (Å²) >= 11 is 0. The summed E-state index contributed by atoms with van der Waals surface area (Å²) in [5.41, 5.74) is 2.81. The second kappa shape index (κ2) is 9.36. The van der Waals surface area contributed by atoms with Crippen molar-refractivity contribution in [2.45, 2.75) is 52.5 Å². The van der Waals surface area contributed by atoms with Gasteiger partial charge in [0.2, 0.25) is 5.91 Å². The van der Waals surface area contributed by atoms with Gasteiger partial charge < -0.3 is 10.1 Å². The standard InChI is InChI=1S/C23H29NO3/c1-17-9-5-6-10-20(17)16-23(3,4)24-22(26)13-8-14-27-21-12-7-11-19(15-21)18(2)25/h5-7,9-12,15H,8,13-14,16H2,1-4H3,(H,24,26). The maximum Gasteiger partial charge on any atom is 0.220 e. The minimum absolute atomic E-state index is 0.00992. The molecule has 144 valence electrons. The summed E-state index contributed by atoms with van der Waals surface area (Å²) in [5, 5.41) is 3.12. The van der Waals surface area contributed by atoms with Gasteiger partial charge in [0, 0.05) is 17.5 Å². The lowest BCUT2D eigenvalue weighted by molar-refractivity contribution is -0.122. The van der Waals surface area contributed by atoms with Gasteiger partial charge in [0.1, 0.15) is 5.75 Å². The number of hydrogen-bond donors (Lipinski definition) is 1. The van der Waals surface area contributed by atoms with E-state index in [1.807, 2.05) is 32.0 Å². The largest absolute Gasteiger partial charge is 0.494 e. The first-order chi connectivity index (χ1) is 12.8. The minimum atomic E-state index is -0.306. The molecule has 0 aliphatic rings. The number of hydrogen-bond acceptors (Lipinski definition) is 3. The lowest BCUT2D eigenvalue weighted by atomic mass is 9.92. The van der Waals surface area contributed by atoms with Crippen molar-refractivity contribution in [2.24, 2.45) is 0 Å². The van der Waals surface area contributed by atoms with Crippen LogP contribution in [0, 0.1) is 6.92 Å². The number of ether oxygens (including phenoxy) is 1. The second-order valence-electron chi connectivity index (χ2n) is 7.57. The first-order valence-corrected chi connectivity index (χ1v) is 9.36. The third kappa shape index (κ3) is 6.89. The van der Waals surface area contributed by atoms with Gasteiger partial charge in [-0.25, -0.2) is 0 Å². The molecule has 1 N–H and O–H groups in total. The quantitative estimate of drug-likeness (QED) is 0.525. The van der Waals surface area contributed by atoms with Crippen LogP contribution in [0.25, 0.3) is 0 Å². The maximum atomic E-state index is 12.3. The Morgan fingerprint density at radius 3 is 2.52 bits per heavy atom. The number of rotatable bonds is 9. The van der Waals surface area contributed by atoms with Crippen molar-refractivity contribution < 1.29 is 14.3 Å². The van der Waals surface area contributed by atoms with Crippen LogP contribution in [-0.2, 0) is 11.2 Å². The molecule has 0 fully saturated rings. The van der Waals surface area contributed by atoms with Crippen molar-refractivity contribution in [1.82, 2.24) is 5.32 Å². The van der Waals surface area contributed by atoms with E-state index in [1.54, 1.807) is 18.2 Å². The predicted molar refractivity (Wildman–Crippen MR) is 108 cm³/mol. The van der Waals surface area contributed by atoms with E-state index in [2.05, 4.69) is 24.4 Å². The molecule has 0 bridgehead atoms. The molecule has 2 aromatic rings. The van der Waals surface area contributed by atoms with E-state index in [4.69, 9.17) is 4.74 Å². The zero-order chi connectivity index (χ0) is 19.9. The molecule has 2 aromatic carbocycles. The van der Waals surface area contributed by atoms with Crippen molar-refractivity contribution in [3.8, 4) is 5.75 Å². The van der Waals surface area contributed by atoms with Gasteiger partial charge in [-0.1, -0.05) is 36.4 Å². The highest BCUT2D eigenvalue weighted by molar-refractivity contribution is 5.94. The summed E-state index contributed by atoms with van der Waals surface area (Å²) in [6.45, 7) is 8.14. The summed E-state index contributed by atoms with van der Waals surface area (Å²) in [4.78, 5) is 23.7. The fourth-order valence-electron chi connectivity index (χ4n) is 3.00. The summed E-state index contributed by atoms with van der Waals surface area (Å²) < 4.78 is 5.66. The Bertz CT molecular complexity index is 796. The monoisotopic (exact) mass is 367 g/mol. The third-order valence-corrected chi connectivity index (χ3v) is 4.43. The minimum Gasteiger partial charge on any atom is -0.494 e. The van der Waals surface area contributed by atoms with Gasteiger partial charge in [0.25, 0.3) is 0 Å². The van der Waals surface area contributed by atoms with E-state index in [0.717, 1.165) is 6.42 Å². The number of Topliss-reactive ketones (excluding diaryl/α,β-unsaturated/α-hetero) is 1. The fraction of sp³-hybridized carbons (Fsp3) is 0.391. The SMILES string of the molecule is CC(=O)c1cccc(OCCCC(=O)NC(C)(C)Cc2ccccc2C)c1. The number of carbonyl (C=O) groups is 2. The molecule has 0 atom stereocenters. The van der Waals surface area contributed by atoms with Crippen LogP contribution >= 0.6 is 0 Å². The molecular formula is C23H29NO3. The molecule has 0 spiro atoms. The normalized spacial score (nSPS) is 11.1. The van der Waals surface area contributed by atoms with E-state index in [-0.39, 0.29) is 17.2 Å². The molecule has 0 saturated carbocycles. The Hall–Kier alpha value is -2.62. The summed E-state index contributed by atoms with van der Waals surface area (Å²) in [6, 6.07) is 15.4. The molecule has 1 amide bonds. The topological polar surface area (TPSA) is 55.4 Å². The van der Waals surface area contributed by atoms with E-state index >= 15 is 0 Å². The van der Waals surface area contributed by atoms with Crippen LogP contribution in [0.5, 0.6) is 5.75 Å². The Kier molecular flexibility index (Phi) is 7.17. The molecule has 4 nitrogen and oxygen atoms in total. The van der Waals surface area contributed by atoms with Gasteiger partial charge >= 0.3 is 0 Å². The molecule has 0 saturated heterocycles. The van der Waals surface area contributed by atoms with Gasteiger partial charge in [-0.15, -0.1) is 0 Å². The van der Waals surface area contributed by atoms with Gasteiger partial charge in [-0.05, 0) is 63.8 Å². The highest BCUT2D eigenvalue weighted by Gasteiger charge is 2.21. The van der Waals surface area contributed by atoms with Crippen molar-refractivity contribution in [1.29, 1.82) is 0 Å². The Labute approximate surface area is 161 Å². The van der Waals surface area contributed by atoms with Gasteiger partial charge in [-0.3, -0.25) is 9.59 Å². The summed E-state index contributed by atoms with van der Waals surface area (Å²) in [7, 11) is 0. The first kappa shape index (κ1) is 20.7. The van der Waals surface area contributed by atoms with Gasteiger partial charge in [0.15, 0.2) is 5.78 Å². The highest BCUT2D eigenvalue weighted by atomic mass is 16.5. The number of benzene rings is 2. The maximum absolute atomic E-state index is 12.3.